The van der Waals surface area contributed by atoms with Crippen molar-refractivity contribution in [3.63, 3.8) is 0 Å². The predicted molar refractivity (Wildman–Crippen MR) is 287 cm³/mol. The third-order valence-electron chi connectivity index (χ3n) is 26.1. The van der Waals surface area contributed by atoms with E-state index in [1.807, 2.05) is 25.2 Å². The van der Waals surface area contributed by atoms with Gasteiger partial charge in [-0.15, -0.1) is 0 Å². The van der Waals surface area contributed by atoms with Crippen LogP contribution in [-0.2, 0) is 27.4 Å². The highest BCUT2D eigenvalue weighted by molar-refractivity contribution is 5.87. The predicted octanol–water partition coefficient (Wildman–Crippen LogP) is 8.27. The zero-order valence-electron chi connectivity index (χ0n) is 44.8. The first-order valence-electron chi connectivity index (χ1n) is 30.2. The number of aliphatic hydroxyl groups is 6. The number of allylic oxidation sites excluding steroid dienone is 2. The second-order valence-corrected chi connectivity index (χ2v) is 27.7. The van der Waals surface area contributed by atoms with Gasteiger partial charge in [0, 0.05) is 58.1 Å². The van der Waals surface area contributed by atoms with Crippen LogP contribution in [0.5, 0.6) is 0 Å². The molecular formula is C66H83NO9. The normalized spacial score (nSPS) is 49.6. The summed E-state index contributed by atoms with van der Waals surface area (Å²) in [6, 6.07) is 16.5. The van der Waals surface area contributed by atoms with Crippen molar-refractivity contribution in [1.82, 2.24) is 5.32 Å². The molecule has 21 atom stereocenters. The molecule has 12 aliphatic carbocycles. The van der Waals surface area contributed by atoms with E-state index < -0.39 is 74.4 Å². The fourth-order valence-corrected chi connectivity index (χ4v) is 23.3. The van der Waals surface area contributed by atoms with Crippen molar-refractivity contribution in [2.24, 2.45) is 86.8 Å². The van der Waals surface area contributed by atoms with Gasteiger partial charge in [0.1, 0.15) is 18.0 Å². The van der Waals surface area contributed by atoms with Crippen LogP contribution < -0.4 is 5.32 Å². The summed E-state index contributed by atoms with van der Waals surface area (Å²) in [6.45, 7) is -0.495. The van der Waals surface area contributed by atoms with Crippen LogP contribution in [0.2, 0.25) is 0 Å². The first-order chi connectivity index (χ1) is 36.8. The Morgan fingerprint density at radius 2 is 1.64 bits per heavy atom. The average Bonchev–Trinajstić information content (AvgIpc) is 3.08. The van der Waals surface area contributed by atoms with E-state index in [-0.39, 0.29) is 68.1 Å². The number of fused-ring (bicyclic) bond motifs is 9. The van der Waals surface area contributed by atoms with Crippen molar-refractivity contribution in [2.75, 3.05) is 13.7 Å². The zero-order chi connectivity index (χ0) is 52.2. The second-order valence-electron chi connectivity index (χ2n) is 27.7. The van der Waals surface area contributed by atoms with Crippen LogP contribution in [0.3, 0.4) is 0 Å². The van der Waals surface area contributed by atoms with Crippen molar-refractivity contribution in [3.8, 4) is 11.8 Å². The van der Waals surface area contributed by atoms with Crippen molar-refractivity contribution in [3.05, 3.63) is 94.6 Å². The number of benzene rings is 2. The smallest absolute Gasteiger partial charge is 0.331 e. The lowest BCUT2D eigenvalue weighted by Gasteiger charge is -2.74. The zero-order valence-corrected chi connectivity index (χ0v) is 44.8. The third-order valence-corrected chi connectivity index (χ3v) is 26.1. The van der Waals surface area contributed by atoms with Gasteiger partial charge < -0.3 is 45.5 Å². The Morgan fingerprint density at radius 3 is 2.42 bits per heavy atom. The molecule has 9 saturated carbocycles. The Kier molecular flexibility index (Phi) is 11.9. The summed E-state index contributed by atoms with van der Waals surface area (Å²) >= 11 is 0. The van der Waals surface area contributed by atoms with Gasteiger partial charge in [-0.3, -0.25) is 0 Å². The van der Waals surface area contributed by atoms with E-state index in [1.165, 1.54) is 31.2 Å². The maximum Gasteiger partial charge on any atom is 0.331 e. The largest absolute Gasteiger partial charge is 0.454 e. The molecule has 13 aliphatic rings. The van der Waals surface area contributed by atoms with Gasteiger partial charge in [0.15, 0.2) is 0 Å². The van der Waals surface area contributed by atoms with Crippen LogP contribution in [0.25, 0.3) is 0 Å². The van der Waals surface area contributed by atoms with E-state index in [9.17, 15) is 30.3 Å². The molecule has 0 saturated heterocycles. The summed E-state index contributed by atoms with van der Waals surface area (Å²) in [7, 11) is 1.92. The molecule has 10 nitrogen and oxygen atoms in total. The van der Waals surface area contributed by atoms with E-state index in [0.717, 1.165) is 61.5 Å². The molecule has 1 heterocycles. The molecule has 10 heteroatoms. The summed E-state index contributed by atoms with van der Waals surface area (Å²) in [6.07, 6.45) is 20.5. The number of aliphatic hydroxyl groups excluding tert-OH is 3. The molecule has 15 rings (SSSR count). The molecule has 76 heavy (non-hydrogen) atoms. The minimum atomic E-state index is -1.89. The third kappa shape index (κ3) is 6.37. The van der Waals surface area contributed by atoms with Crippen LogP contribution in [-0.4, -0.2) is 91.6 Å². The molecule has 0 amide bonds. The number of esters is 1. The number of ether oxygens (including phenoxy) is 1. The number of hydrogen-bond donors (Lipinski definition) is 7. The minimum Gasteiger partial charge on any atom is -0.454 e. The highest BCUT2D eigenvalue weighted by atomic mass is 16.5. The number of hydrogen-bond acceptors (Lipinski definition) is 10. The second kappa shape index (κ2) is 17.9. The molecule has 0 radical (unpaired) electrons. The summed E-state index contributed by atoms with van der Waals surface area (Å²) in [5, 5.41) is 85.2. The topological polar surface area (TPSA) is 177 Å². The number of rotatable bonds is 6. The van der Waals surface area contributed by atoms with Crippen molar-refractivity contribution < 1.29 is 45.0 Å². The monoisotopic (exact) mass is 1030 g/mol. The molecule has 7 N–H and O–H groups in total. The van der Waals surface area contributed by atoms with E-state index in [0.29, 0.717) is 80.6 Å². The summed E-state index contributed by atoms with van der Waals surface area (Å²) in [4.78, 5) is 29.5. The van der Waals surface area contributed by atoms with Crippen LogP contribution in [0.1, 0.15) is 157 Å². The first kappa shape index (κ1) is 50.6. The average molecular weight is 1030 g/mol. The summed E-state index contributed by atoms with van der Waals surface area (Å²) in [5.41, 5.74) is -5.26. The van der Waals surface area contributed by atoms with Crippen LogP contribution in [0.15, 0.2) is 72.3 Å². The quantitative estimate of drug-likeness (QED) is 0.0646. The van der Waals surface area contributed by atoms with E-state index >= 15 is 9.90 Å². The van der Waals surface area contributed by atoms with Gasteiger partial charge in [0.05, 0.1) is 35.9 Å². The molecule has 2 aromatic carbocycles. The minimum absolute atomic E-state index is 0.0883. The Labute approximate surface area is 449 Å². The SMILES string of the molecule is CN[C@@H]1Cc2c(cccc2CO)C#CCC[C@]23CC[C@H]4[C@@](O)(C[C@H]5C[C@@H]6[C@H](C=CC[C@H]6C6CCCC6)C[C@H]6[C@@H](O)[C@@]7(CC[C@@H]8C[C@H](c9ccccc9)CC[C@@H]87)C[C@@]4(C=O)[C@]56O)[C@@]2(O)C[C@@H]2C[C@@H]1[C@@H]1OC(=O)C=C1[C@@]23CO. The lowest BCUT2D eigenvalue weighted by Crippen LogP contribution is -2.83. The van der Waals surface area contributed by atoms with E-state index in [2.05, 4.69) is 59.6 Å². The highest BCUT2D eigenvalue weighted by Gasteiger charge is 2.87. The standard InChI is InChI=1S/C66H83NO9/c1-67-55-31-49-41(16-9-18-45(49)35-68)15-7-8-24-62-26-23-56-61(37-69)36-60(25-22-44-27-42(20-21-52(44)60)39-11-3-2-4-12-39)59(72)54-28-43-17-10-19-48(40-13-5-6-14-40)50(43)30-47(66(54,61)75)33-64(56,73)65(62,74)34-46-29-51(55)58-53(32-57(71)76-58)63(46,62)38-70/h2-4,9-12,16-18,32,37,40,42-44,46-48,50-52,54-56,58-59,67-68,70,72-75H,5-6,8,13-14,19-31,33-36,38H2,1H3/t42-,43-,44-,46+,47-,48+,50-,51+,52+,54+,55-,56-,58+,59-,60+,61+,62-,63-,64+,65-,66+/m1/s1. The molecule has 406 valence electrons. The van der Waals surface area contributed by atoms with Crippen molar-refractivity contribution >= 4 is 12.3 Å². The first-order valence-corrected chi connectivity index (χ1v) is 30.2. The van der Waals surface area contributed by atoms with Crippen LogP contribution >= 0.6 is 0 Å². The maximum atomic E-state index is 15.5. The number of likely N-dealkylation sites (N-methyl/N-ethyl adjacent to an activating group) is 1. The molecule has 0 unspecified atom stereocenters. The summed E-state index contributed by atoms with van der Waals surface area (Å²) < 4.78 is 6.41. The molecule has 9 fully saturated rings. The van der Waals surface area contributed by atoms with Gasteiger partial charge in [-0.1, -0.05) is 92.1 Å². The molecule has 2 aromatic rings. The Bertz CT molecular complexity index is 2780. The number of carbonyl (C=O) groups is 2. The lowest BCUT2D eigenvalue weighted by atomic mass is 9.32. The fourth-order valence-electron chi connectivity index (χ4n) is 23.3. The maximum absolute atomic E-state index is 15.5. The molecular weight excluding hydrogens is 951 g/mol. The lowest BCUT2D eigenvalue weighted by molar-refractivity contribution is -0.361. The van der Waals surface area contributed by atoms with Crippen LogP contribution in [0, 0.1) is 98.6 Å². The van der Waals surface area contributed by atoms with E-state index in [1.54, 1.807) is 6.08 Å². The van der Waals surface area contributed by atoms with E-state index in [4.69, 9.17) is 4.74 Å². The molecule has 1 aliphatic heterocycles. The van der Waals surface area contributed by atoms with Crippen LogP contribution in [0.4, 0.5) is 0 Å². The Hall–Kier alpha value is -3.66. The molecule has 0 aromatic heterocycles. The van der Waals surface area contributed by atoms with Gasteiger partial charge >= 0.3 is 5.97 Å². The number of nitrogens with one attached hydrogen (secondary N) is 1. The van der Waals surface area contributed by atoms with Gasteiger partial charge in [-0.2, -0.15) is 0 Å². The molecule has 4 bridgehead atoms. The highest BCUT2D eigenvalue weighted by Crippen LogP contribution is 2.83. The fraction of sp³-hybridized carbons (Fsp3) is 0.697. The van der Waals surface area contributed by atoms with Crippen molar-refractivity contribution in [1.29, 1.82) is 0 Å². The Morgan fingerprint density at radius 1 is 0.829 bits per heavy atom. The number of aldehydes is 1. The summed E-state index contributed by atoms with van der Waals surface area (Å²) in [5.74, 6) is 6.08. The van der Waals surface area contributed by atoms with Gasteiger partial charge in [-0.25, -0.2) is 4.79 Å². The van der Waals surface area contributed by atoms with Gasteiger partial charge in [0.2, 0.25) is 0 Å². The number of carbonyl (C=O) groups excluding carboxylic acids is 2. The molecule has 2 spiro atoms. The van der Waals surface area contributed by atoms with Crippen molar-refractivity contribution in [2.45, 2.75) is 182 Å². The van der Waals surface area contributed by atoms with Gasteiger partial charge in [-0.05, 0) is 191 Å². The Balaban J connectivity index is 0.946. The van der Waals surface area contributed by atoms with Gasteiger partial charge in [0.25, 0.3) is 0 Å².